The van der Waals surface area contributed by atoms with E-state index in [0.29, 0.717) is 32.5 Å². The molecule has 2 unspecified atom stereocenters. The zero-order valence-corrected chi connectivity index (χ0v) is 18.4. The van der Waals surface area contributed by atoms with E-state index in [-0.39, 0.29) is 24.9 Å². The molecule has 1 saturated heterocycles. The molecule has 0 N–H and O–H groups in total. The molecule has 0 spiro atoms. The maximum absolute atomic E-state index is 12.9. The zero-order chi connectivity index (χ0) is 21.4. The molecule has 8 heteroatoms. The third-order valence-electron chi connectivity index (χ3n) is 5.30. The fourth-order valence-corrected chi connectivity index (χ4v) is 3.48. The first-order valence-corrected chi connectivity index (χ1v) is 11.1. The van der Waals surface area contributed by atoms with Crippen LogP contribution in [0.1, 0.15) is 72.6 Å². The molecule has 166 valence electrons. The lowest BCUT2D eigenvalue weighted by molar-refractivity contribution is 0.0742. The van der Waals surface area contributed by atoms with Crippen molar-refractivity contribution in [3.8, 4) is 0 Å². The quantitative estimate of drug-likeness (QED) is 0.346. The molecule has 1 aliphatic heterocycles. The van der Waals surface area contributed by atoms with Crippen LogP contribution in [0.4, 0.5) is 0 Å². The summed E-state index contributed by atoms with van der Waals surface area (Å²) in [4.78, 5) is 38.6. The standard InChI is InChI=1S/C21H37N3O5/c1-5-6-7-8-12-22-19(25)23(13-9-11-18-17(4)29-18)21(27)24(20(22)26)14-10-15-28-16(2)3/h16-18H,5-15H2,1-4H3. The predicted octanol–water partition coefficient (Wildman–Crippen LogP) is 2.13. The minimum atomic E-state index is -0.515. The minimum absolute atomic E-state index is 0.0999. The van der Waals surface area contributed by atoms with E-state index >= 15 is 0 Å². The van der Waals surface area contributed by atoms with Gasteiger partial charge in [0.05, 0.1) is 18.3 Å². The fraction of sp³-hybridized carbons (Fsp3) is 0.857. The SMILES string of the molecule is CCCCCCn1c(=O)n(CCCOC(C)C)c(=O)n(CCCC2OC2C)c1=O. The molecule has 1 fully saturated rings. The highest BCUT2D eigenvalue weighted by molar-refractivity contribution is 4.82. The third kappa shape index (κ3) is 6.96. The highest BCUT2D eigenvalue weighted by Gasteiger charge is 2.33. The van der Waals surface area contributed by atoms with Crippen LogP contribution >= 0.6 is 0 Å². The second-order valence-corrected chi connectivity index (χ2v) is 8.16. The Balaban J connectivity index is 2.19. The highest BCUT2D eigenvalue weighted by atomic mass is 16.6. The summed E-state index contributed by atoms with van der Waals surface area (Å²) in [5.41, 5.74) is -1.51. The molecule has 2 heterocycles. The Kier molecular flexibility index (Phi) is 9.36. The van der Waals surface area contributed by atoms with E-state index in [4.69, 9.17) is 9.47 Å². The van der Waals surface area contributed by atoms with Crippen LogP contribution < -0.4 is 17.1 Å². The number of aromatic nitrogens is 3. The smallest absolute Gasteiger partial charge is 0.336 e. The van der Waals surface area contributed by atoms with Crippen molar-refractivity contribution in [1.29, 1.82) is 0 Å². The molecular formula is C21H37N3O5. The van der Waals surface area contributed by atoms with Gasteiger partial charge in [-0.05, 0) is 46.5 Å². The van der Waals surface area contributed by atoms with E-state index in [0.717, 1.165) is 32.1 Å². The van der Waals surface area contributed by atoms with Crippen LogP contribution in [-0.4, -0.2) is 38.6 Å². The van der Waals surface area contributed by atoms with Gasteiger partial charge >= 0.3 is 17.1 Å². The van der Waals surface area contributed by atoms with Crippen molar-refractivity contribution < 1.29 is 9.47 Å². The summed E-state index contributed by atoms with van der Waals surface area (Å²) >= 11 is 0. The van der Waals surface area contributed by atoms with Gasteiger partial charge in [-0.15, -0.1) is 0 Å². The van der Waals surface area contributed by atoms with Crippen molar-refractivity contribution in [3.63, 3.8) is 0 Å². The Bertz CT molecular complexity index is 808. The second-order valence-electron chi connectivity index (χ2n) is 8.16. The first kappa shape index (κ1) is 23.6. The van der Waals surface area contributed by atoms with Crippen LogP contribution in [0.2, 0.25) is 0 Å². The molecule has 8 nitrogen and oxygen atoms in total. The molecule has 0 radical (unpaired) electrons. The molecule has 2 rings (SSSR count). The van der Waals surface area contributed by atoms with E-state index in [9.17, 15) is 14.4 Å². The van der Waals surface area contributed by atoms with Crippen LogP contribution in [0.25, 0.3) is 0 Å². The van der Waals surface area contributed by atoms with E-state index < -0.39 is 17.1 Å². The molecular weight excluding hydrogens is 374 g/mol. The Morgan fingerprint density at radius 1 is 0.862 bits per heavy atom. The topological polar surface area (TPSA) is 87.8 Å². The average molecular weight is 412 g/mol. The number of hydrogen-bond donors (Lipinski definition) is 0. The summed E-state index contributed by atoms with van der Waals surface area (Å²) in [6, 6.07) is 0. The van der Waals surface area contributed by atoms with Crippen LogP contribution in [0.15, 0.2) is 14.4 Å². The van der Waals surface area contributed by atoms with Crippen LogP contribution in [0.3, 0.4) is 0 Å². The lowest BCUT2D eigenvalue weighted by atomic mass is 10.2. The van der Waals surface area contributed by atoms with Gasteiger partial charge in [-0.2, -0.15) is 0 Å². The lowest BCUT2D eigenvalue weighted by Gasteiger charge is -2.14. The molecule has 0 amide bonds. The van der Waals surface area contributed by atoms with Crippen molar-refractivity contribution in [3.05, 3.63) is 31.5 Å². The van der Waals surface area contributed by atoms with Gasteiger partial charge in [0.1, 0.15) is 0 Å². The monoisotopic (exact) mass is 411 g/mol. The second kappa shape index (κ2) is 11.5. The highest BCUT2D eigenvalue weighted by Crippen LogP contribution is 2.25. The summed E-state index contributed by atoms with van der Waals surface area (Å²) in [5, 5.41) is 0. The van der Waals surface area contributed by atoms with Gasteiger partial charge in [0.2, 0.25) is 0 Å². The first-order chi connectivity index (χ1) is 13.9. The third-order valence-corrected chi connectivity index (χ3v) is 5.30. The Hall–Kier alpha value is -1.67. The van der Waals surface area contributed by atoms with Crippen molar-refractivity contribution >= 4 is 0 Å². The number of epoxide rings is 1. The van der Waals surface area contributed by atoms with Gasteiger partial charge in [0.15, 0.2) is 0 Å². The van der Waals surface area contributed by atoms with Gasteiger partial charge < -0.3 is 9.47 Å². The summed E-state index contributed by atoms with van der Waals surface area (Å²) in [6.45, 7) is 9.40. The number of nitrogens with zero attached hydrogens (tertiary/aromatic N) is 3. The average Bonchev–Trinajstić information content (AvgIpc) is 3.38. The van der Waals surface area contributed by atoms with Crippen LogP contribution in [0, 0.1) is 0 Å². The van der Waals surface area contributed by atoms with E-state index in [2.05, 4.69) is 6.92 Å². The number of ether oxygens (including phenoxy) is 2. The van der Waals surface area contributed by atoms with E-state index in [1.807, 2.05) is 20.8 Å². The molecule has 1 aromatic heterocycles. The molecule has 0 bridgehead atoms. The van der Waals surface area contributed by atoms with Crippen molar-refractivity contribution in [2.45, 2.75) is 111 Å². The Morgan fingerprint density at radius 3 is 1.86 bits per heavy atom. The van der Waals surface area contributed by atoms with Gasteiger partial charge in [-0.1, -0.05) is 26.2 Å². The normalized spacial score (nSPS) is 18.5. The van der Waals surface area contributed by atoms with E-state index in [1.54, 1.807) is 0 Å². The minimum Gasteiger partial charge on any atom is -0.379 e. The summed E-state index contributed by atoms with van der Waals surface area (Å²) < 4.78 is 14.6. The predicted molar refractivity (Wildman–Crippen MR) is 113 cm³/mol. The summed E-state index contributed by atoms with van der Waals surface area (Å²) in [7, 11) is 0. The van der Waals surface area contributed by atoms with E-state index in [1.165, 1.54) is 13.7 Å². The number of hydrogen-bond acceptors (Lipinski definition) is 5. The number of unbranched alkanes of at least 4 members (excludes halogenated alkanes) is 3. The van der Waals surface area contributed by atoms with Crippen LogP contribution in [0.5, 0.6) is 0 Å². The largest absolute Gasteiger partial charge is 0.379 e. The Morgan fingerprint density at radius 2 is 1.38 bits per heavy atom. The van der Waals surface area contributed by atoms with Gasteiger partial charge in [0.25, 0.3) is 0 Å². The molecule has 0 saturated carbocycles. The van der Waals surface area contributed by atoms with Gasteiger partial charge in [-0.3, -0.25) is 0 Å². The van der Waals surface area contributed by atoms with Crippen molar-refractivity contribution in [1.82, 2.24) is 13.7 Å². The zero-order valence-electron chi connectivity index (χ0n) is 18.4. The summed E-state index contributed by atoms with van der Waals surface area (Å²) in [6.07, 6.45) is 6.48. The molecule has 0 aliphatic carbocycles. The number of rotatable bonds is 14. The molecule has 1 aliphatic rings. The Labute approximate surface area is 172 Å². The van der Waals surface area contributed by atoms with Crippen LogP contribution in [-0.2, 0) is 29.1 Å². The maximum Gasteiger partial charge on any atom is 0.336 e. The molecule has 29 heavy (non-hydrogen) atoms. The van der Waals surface area contributed by atoms with Gasteiger partial charge in [-0.25, -0.2) is 28.1 Å². The molecule has 0 aromatic carbocycles. The van der Waals surface area contributed by atoms with Gasteiger partial charge in [0, 0.05) is 26.2 Å². The summed E-state index contributed by atoms with van der Waals surface area (Å²) in [5.74, 6) is 0. The van der Waals surface area contributed by atoms with Crippen molar-refractivity contribution in [2.24, 2.45) is 0 Å². The fourth-order valence-electron chi connectivity index (χ4n) is 3.48. The lowest BCUT2D eigenvalue weighted by Crippen LogP contribution is -2.54. The maximum atomic E-state index is 12.9. The molecule has 1 aromatic rings. The molecule has 2 atom stereocenters. The first-order valence-electron chi connectivity index (χ1n) is 11.1. The van der Waals surface area contributed by atoms with Crippen molar-refractivity contribution in [2.75, 3.05) is 6.61 Å².